The van der Waals surface area contributed by atoms with Gasteiger partial charge in [-0.2, -0.15) is 0 Å². The molecule has 7 heteroatoms. The van der Waals surface area contributed by atoms with Gasteiger partial charge >= 0.3 is 0 Å². The smallest absolute Gasteiger partial charge is 0.227 e. The van der Waals surface area contributed by atoms with Gasteiger partial charge in [0.1, 0.15) is 0 Å². The minimum atomic E-state index is -0.460. The van der Waals surface area contributed by atoms with E-state index in [0.29, 0.717) is 19.6 Å². The fraction of sp³-hybridized carbons (Fsp3) is 0.471. The van der Waals surface area contributed by atoms with Gasteiger partial charge in [-0.3, -0.25) is 14.4 Å². The highest BCUT2D eigenvalue weighted by Crippen LogP contribution is 2.34. The molecule has 0 spiro atoms. The van der Waals surface area contributed by atoms with Crippen molar-refractivity contribution in [2.24, 2.45) is 5.92 Å². The number of carbonyl (C=O) groups excluding carboxylic acids is 3. The highest BCUT2D eigenvalue weighted by Gasteiger charge is 2.36. The van der Waals surface area contributed by atoms with Crippen LogP contribution < -0.4 is 9.80 Å². The number of piperazine rings is 1. The predicted octanol–water partition coefficient (Wildman–Crippen LogP) is 1.47. The van der Waals surface area contributed by atoms with Crippen LogP contribution in [0.15, 0.2) is 24.3 Å². The summed E-state index contributed by atoms with van der Waals surface area (Å²) in [5, 5.41) is -0.460. The molecule has 0 saturated carbocycles. The van der Waals surface area contributed by atoms with E-state index in [0.717, 1.165) is 24.5 Å². The number of anilines is 2. The van der Waals surface area contributed by atoms with Crippen molar-refractivity contribution in [2.45, 2.75) is 13.3 Å². The lowest BCUT2D eigenvalue weighted by Crippen LogP contribution is -2.48. The predicted molar refractivity (Wildman–Crippen MR) is 92.2 cm³/mol. The second-order valence-corrected chi connectivity index (χ2v) is 6.56. The number of amides is 2. The summed E-state index contributed by atoms with van der Waals surface area (Å²) in [4.78, 5) is 40.8. The van der Waals surface area contributed by atoms with Crippen molar-refractivity contribution >= 4 is 40.0 Å². The molecule has 2 amide bonds. The van der Waals surface area contributed by atoms with E-state index in [1.807, 2.05) is 29.2 Å². The highest BCUT2D eigenvalue weighted by atomic mass is 35.5. The number of hydrogen-bond donors (Lipinski definition) is 0. The molecule has 0 aromatic heterocycles. The lowest BCUT2D eigenvalue weighted by atomic mass is 10.1. The SMILES string of the molecule is CC(=O)N1CCN(c2ccccc2N2C[C@H](C(=O)Cl)CC2=O)CC1. The molecule has 0 unspecified atom stereocenters. The molecule has 2 heterocycles. The first-order valence-electron chi connectivity index (χ1n) is 8.06. The fourth-order valence-electron chi connectivity index (χ4n) is 3.31. The molecule has 2 aliphatic rings. The summed E-state index contributed by atoms with van der Waals surface area (Å²) in [6.45, 7) is 4.68. The molecule has 2 saturated heterocycles. The molecule has 1 aromatic carbocycles. The van der Waals surface area contributed by atoms with E-state index < -0.39 is 11.2 Å². The Kier molecular flexibility index (Phi) is 4.76. The Hall–Kier alpha value is -2.08. The summed E-state index contributed by atoms with van der Waals surface area (Å²) in [5.41, 5.74) is 1.76. The van der Waals surface area contributed by atoms with Gasteiger partial charge in [-0.15, -0.1) is 0 Å². The van der Waals surface area contributed by atoms with Crippen LogP contribution >= 0.6 is 11.6 Å². The van der Waals surface area contributed by atoms with Crippen LogP contribution in [-0.4, -0.2) is 54.7 Å². The van der Waals surface area contributed by atoms with Gasteiger partial charge in [0.05, 0.1) is 17.3 Å². The Morgan fingerprint density at radius 3 is 2.25 bits per heavy atom. The number of hydrogen-bond acceptors (Lipinski definition) is 4. The van der Waals surface area contributed by atoms with Crippen molar-refractivity contribution in [3.05, 3.63) is 24.3 Å². The monoisotopic (exact) mass is 349 g/mol. The maximum atomic E-state index is 12.3. The van der Waals surface area contributed by atoms with E-state index >= 15 is 0 Å². The van der Waals surface area contributed by atoms with Crippen molar-refractivity contribution in [2.75, 3.05) is 42.5 Å². The number of benzene rings is 1. The average Bonchev–Trinajstić information content (AvgIpc) is 2.97. The molecular formula is C17H20ClN3O3. The third-order valence-electron chi connectivity index (χ3n) is 4.68. The summed E-state index contributed by atoms with van der Waals surface area (Å²) in [5.74, 6) is -0.438. The van der Waals surface area contributed by atoms with Crippen LogP contribution in [0.4, 0.5) is 11.4 Å². The standard InChI is InChI=1S/C17H20ClN3O3/c1-12(22)19-6-8-20(9-7-19)14-4-2-3-5-15(14)21-11-13(17(18)24)10-16(21)23/h2-5,13H,6-11H2,1H3/t13-/m1/s1. The van der Waals surface area contributed by atoms with Crippen LogP contribution in [0.1, 0.15) is 13.3 Å². The van der Waals surface area contributed by atoms with Gasteiger partial charge in [-0.25, -0.2) is 0 Å². The Balaban J connectivity index is 1.81. The number of para-hydroxylation sites is 2. The zero-order chi connectivity index (χ0) is 17.3. The molecule has 128 valence electrons. The van der Waals surface area contributed by atoms with Gasteiger partial charge < -0.3 is 14.7 Å². The summed E-state index contributed by atoms with van der Waals surface area (Å²) in [6.07, 6.45) is 0.161. The van der Waals surface area contributed by atoms with E-state index in [1.165, 1.54) is 0 Å². The molecule has 24 heavy (non-hydrogen) atoms. The number of carbonyl (C=O) groups is 3. The lowest BCUT2D eigenvalue weighted by molar-refractivity contribution is -0.129. The molecule has 3 rings (SSSR count). The first kappa shape index (κ1) is 16.8. The Morgan fingerprint density at radius 1 is 1.08 bits per heavy atom. The zero-order valence-electron chi connectivity index (χ0n) is 13.6. The molecule has 0 radical (unpaired) electrons. The molecule has 6 nitrogen and oxygen atoms in total. The van der Waals surface area contributed by atoms with Crippen LogP contribution in [-0.2, 0) is 14.4 Å². The largest absolute Gasteiger partial charge is 0.366 e. The summed E-state index contributed by atoms with van der Waals surface area (Å²) in [6, 6.07) is 7.68. The van der Waals surface area contributed by atoms with Gasteiger partial charge in [-0.1, -0.05) is 12.1 Å². The van der Waals surface area contributed by atoms with Gasteiger partial charge in [0.25, 0.3) is 0 Å². The molecule has 0 N–H and O–H groups in total. The highest BCUT2D eigenvalue weighted by molar-refractivity contribution is 6.64. The molecule has 1 aromatic rings. The molecule has 2 fully saturated rings. The molecule has 1 atom stereocenters. The van der Waals surface area contributed by atoms with Gasteiger partial charge in [0, 0.05) is 46.1 Å². The maximum absolute atomic E-state index is 12.3. The Labute approximate surface area is 146 Å². The van der Waals surface area contributed by atoms with Crippen LogP contribution in [0.2, 0.25) is 0 Å². The maximum Gasteiger partial charge on any atom is 0.227 e. The van der Waals surface area contributed by atoms with Crippen molar-refractivity contribution < 1.29 is 14.4 Å². The van der Waals surface area contributed by atoms with Crippen LogP contribution in [0.5, 0.6) is 0 Å². The van der Waals surface area contributed by atoms with Crippen LogP contribution in [0, 0.1) is 5.92 Å². The summed E-state index contributed by atoms with van der Waals surface area (Å²) in [7, 11) is 0. The summed E-state index contributed by atoms with van der Waals surface area (Å²) >= 11 is 5.57. The Morgan fingerprint density at radius 2 is 1.71 bits per heavy atom. The lowest BCUT2D eigenvalue weighted by Gasteiger charge is -2.37. The van der Waals surface area contributed by atoms with Crippen LogP contribution in [0.3, 0.4) is 0 Å². The third-order valence-corrected chi connectivity index (χ3v) is 4.99. The zero-order valence-corrected chi connectivity index (χ0v) is 14.3. The molecular weight excluding hydrogens is 330 g/mol. The van der Waals surface area contributed by atoms with Gasteiger partial charge in [-0.05, 0) is 23.7 Å². The first-order chi connectivity index (χ1) is 11.5. The Bertz CT molecular complexity index is 671. The number of rotatable bonds is 3. The minimum absolute atomic E-state index is 0.0798. The van der Waals surface area contributed by atoms with Crippen molar-refractivity contribution in [3.8, 4) is 0 Å². The van der Waals surface area contributed by atoms with Crippen molar-refractivity contribution in [1.82, 2.24) is 4.90 Å². The van der Waals surface area contributed by atoms with Gasteiger partial charge in [0.2, 0.25) is 17.1 Å². The number of nitrogens with zero attached hydrogens (tertiary/aromatic N) is 3. The summed E-state index contributed by atoms with van der Waals surface area (Å²) < 4.78 is 0. The minimum Gasteiger partial charge on any atom is -0.366 e. The van der Waals surface area contributed by atoms with Gasteiger partial charge in [0.15, 0.2) is 0 Å². The first-order valence-corrected chi connectivity index (χ1v) is 8.44. The molecule has 0 bridgehead atoms. The average molecular weight is 350 g/mol. The quantitative estimate of drug-likeness (QED) is 0.775. The topological polar surface area (TPSA) is 60.9 Å². The van der Waals surface area contributed by atoms with E-state index in [4.69, 9.17) is 11.6 Å². The van der Waals surface area contributed by atoms with E-state index in [1.54, 1.807) is 11.8 Å². The van der Waals surface area contributed by atoms with Crippen LogP contribution in [0.25, 0.3) is 0 Å². The third kappa shape index (κ3) is 3.24. The normalized spacial score (nSPS) is 21.3. The van der Waals surface area contributed by atoms with E-state index in [-0.39, 0.29) is 18.2 Å². The second-order valence-electron chi connectivity index (χ2n) is 6.19. The second kappa shape index (κ2) is 6.81. The van der Waals surface area contributed by atoms with E-state index in [9.17, 15) is 14.4 Å². The van der Waals surface area contributed by atoms with Crippen molar-refractivity contribution in [3.63, 3.8) is 0 Å². The van der Waals surface area contributed by atoms with Crippen molar-refractivity contribution in [1.29, 1.82) is 0 Å². The fourth-order valence-corrected chi connectivity index (χ4v) is 3.46. The molecule has 2 aliphatic heterocycles. The number of halogens is 1. The molecule has 0 aliphatic carbocycles. The van der Waals surface area contributed by atoms with E-state index in [2.05, 4.69) is 4.90 Å².